The van der Waals surface area contributed by atoms with Crippen molar-refractivity contribution in [2.75, 3.05) is 13.2 Å². The van der Waals surface area contributed by atoms with Crippen LogP contribution in [0, 0.1) is 10.1 Å². The van der Waals surface area contributed by atoms with Crippen molar-refractivity contribution in [3.05, 3.63) is 20.8 Å². The molecule has 0 spiro atoms. The molecule has 1 aromatic heterocycles. The molecular weight excluding hydrogens is 266 g/mol. The molecular formula is C8H12BrN3O3. The lowest BCUT2D eigenvalue weighted by molar-refractivity contribution is -0.390. The second-order valence-electron chi connectivity index (χ2n) is 2.87. The summed E-state index contributed by atoms with van der Waals surface area (Å²) >= 11 is 3.08. The van der Waals surface area contributed by atoms with Crippen molar-refractivity contribution in [2.24, 2.45) is 0 Å². The first-order valence-corrected chi connectivity index (χ1v) is 5.39. The van der Waals surface area contributed by atoms with Crippen LogP contribution >= 0.6 is 15.9 Å². The fraction of sp³-hybridized carbons (Fsp3) is 0.625. The molecule has 0 fully saturated rings. The lowest BCUT2D eigenvalue weighted by atomic mass is 10.4. The van der Waals surface area contributed by atoms with Gasteiger partial charge in [0.05, 0.1) is 17.8 Å². The zero-order valence-electron chi connectivity index (χ0n) is 8.35. The quantitative estimate of drug-likeness (QED) is 0.453. The number of aryl methyl sites for hydroxylation is 1. The molecule has 15 heavy (non-hydrogen) atoms. The number of ether oxygens (including phenoxy) is 1. The molecule has 0 bridgehead atoms. The average molecular weight is 278 g/mol. The Hall–Kier alpha value is -0.950. The summed E-state index contributed by atoms with van der Waals surface area (Å²) in [6.07, 6.45) is 2.39. The molecule has 0 saturated heterocycles. The summed E-state index contributed by atoms with van der Waals surface area (Å²) in [7, 11) is 0. The van der Waals surface area contributed by atoms with Crippen LogP contribution in [-0.4, -0.2) is 27.9 Å². The number of hydrogen-bond donors (Lipinski definition) is 0. The number of rotatable bonds is 6. The van der Waals surface area contributed by atoms with Crippen LogP contribution in [0.15, 0.2) is 10.7 Å². The van der Waals surface area contributed by atoms with E-state index in [0.29, 0.717) is 24.2 Å². The third-order valence-corrected chi connectivity index (χ3v) is 2.31. The van der Waals surface area contributed by atoms with Gasteiger partial charge in [0.25, 0.3) is 0 Å². The van der Waals surface area contributed by atoms with Crippen molar-refractivity contribution < 1.29 is 9.66 Å². The van der Waals surface area contributed by atoms with Gasteiger partial charge in [0, 0.05) is 13.2 Å². The maximum Gasteiger partial charge on any atom is 0.404 e. The summed E-state index contributed by atoms with van der Waals surface area (Å²) in [6.45, 7) is 3.87. The molecule has 0 saturated carbocycles. The Kier molecular flexibility index (Phi) is 4.70. The summed E-state index contributed by atoms with van der Waals surface area (Å²) < 4.78 is 7.10. The number of nitro groups is 1. The zero-order chi connectivity index (χ0) is 11.3. The summed E-state index contributed by atoms with van der Waals surface area (Å²) in [5, 5.41) is 14.3. The molecule has 0 aliphatic carbocycles. The van der Waals surface area contributed by atoms with E-state index in [2.05, 4.69) is 21.0 Å². The SMILES string of the molecule is CCOCCCn1cc(Br)c([N+](=O)[O-])n1. The van der Waals surface area contributed by atoms with Crippen molar-refractivity contribution in [1.29, 1.82) is 0 Å². The van der Waals surface area contributed by atoms with E-state index in [0.717, 1.165) is 6.42 Å². The van der Waals surface area contributed by atoms with Crippen LogP contribution in [0.2, 0.25) is 0 Å². The van der Waals surface area contributed by atoms with Crippen LogP contribution in [-0.2, 0) is 11.3 Å². The predicted octanol–water partition coefficient (Wildman–Crippen LogP) is 1.98. The zero-order valence-corrected chi connectivity index (χ0v) is 9.94. The van der Waals surface area contributed by atoms with Crippen molar-refractivity contribution in [3.8, 4) is 0 Å². The minimum absolute atomic E-state index is 0.147. The van der Waals surface area contributed by atoms with E-state index in [9.17, 15) is 10.1 Å². The van der Waals surface area contributed by atoms with E-state index >= 15 is 0 Å². The second kappa shape index (κ2) is 5.82. The molecule has 0 atom stereocenters. The number of halogens is 1. The third-order valence-electron chi connectivity index (χ3n) is 1.75. The van der Waals surface area contributed by atoms with Crippen LogP contribution in [0.4, 0.5) is 5.82 Å². The minimum atomic E-state index is -0.511. The van der Waals surface area contributed by atoms with Gasteiger partial charge in [-0.25, -0.2) is 0 Å². The first kappa shape index (κ1) is 12.1. The molecule has 0 radical (unpaired) electrons. The van der Waals surface area contributed by atoms with E-state index in [-0.39, 0.29) is 5.82 Å². The largest absolute Gasteiger partial charge is 0.404 e. The normalized spacial score (nSPS) is 10.5. The van der Waals surface area contributed by atoms with E-state index in [4.69, 9.17) is 4.74 Å². The predicted molar refractivity (Wildman–Crippen MR) is 57.7 cm³/mol. The molecule has 1 heterocycles. The van der Waals surface area contributed by atoms with E-state index < -0.39 is 4.92 Å². The van der Waals surface area contributed by atoms with Crippen molar-refractivity contribution in [3.63, 3.8) is 0 Å². The Labute approximate surface area is 95.5 Å². The Morgan fingerprint density at radius 2 is 2.47 bits per heavy atom. The van der Waals surface area contributed by atoms with Crippen LogP contribution in [0.5, 0.6) is 0 Å². The van der Waals surface area contributed by atoms with E-state index in [1.165, 1.54) is 0 Å². The fourth-order valence-corrected chi connectivity index (χ4v) is 1.56. The summed E-state index contributed by atoms with van der Waals surface area (Å²) in [6, 6.07) is 0. The molecule has 0 aliphatic heterocycles. The molecule has 0 aromatic carbocycles. The van der Waals surface area contributed by atoms with Gasteiger partial charge in [0.2, 0.25) is 0 Å². The van der Waals surface area contributed by atoms with Gasteiger partial charge in [-0.05, 0) is 34.2 Å². The van der Waals surface area contributed by atoms with Crippen LogP contribution in [0.3, 0.4) is 0 Å². The smallest absolute Gasteiger partial charge is 0.382 e. The summed E-state index contributed by atoms with van der Waals surface area (Å²) in [5.41, 5.74) is 0. The Bertz CT molecular complexity index is 340. The highest BCUT2D eigenvalue weighted by molar-refractivity contribution is 9.10. The molecule has 0 N–H and O–H groups in total. The molecule has 0 unspecified atom stereocenters. The summed E-state index contributed by atoms with van der Waals surface area (Å²) in [4.78, 5) is 9.98. The van der Waals surface area contributed by atoms with Gasteiger partial charge >= 0.3 is 5.82 Å². The molecule has 6 nitrogen and oxygen atoms in total. The van der Waals surface area contributed by atoms with Crippen LogP contribution in [0.1, 0.15) is 13.3 Å². The number of aromatic nitrogens is 2. The molecule has 7 heteroatoms. The van der Waals surface area contributed by atoms with Gasteiger partial charge < -0.3 is 14.9 Å². The monoisotopic (exact) mass is 277 g/mol. The maximum atomic E-state index is 10.5. The van der Waals surface area contributed by atoms with Gasteiger partial charge in [0.15, 0.2) is 0 Å². The highest BCUT2D eigenvalue weighted by atomic mass is 79.9. The second-order valence-corrected chi connectivity index (χ2v) is 3.73. The molecule has 1 aromatic rings. The topological polar surface area (TPSA) is 70.2 Å². The van der Waals surface area contributed by atoms with E-state index in [1.807, 2.05) is 6.92 Å². The molecule has 84 valence electrons. The maximum absolute atomic E-state index is 10.5. The Balaban J connectivity index is 2.48. The van der Waals surface area contributed by atoms with Crippen molar-refractivity contribution in [1.82, 2.24) is 9.78 Å². The highest BCUT2D eigenvalue weighted by Crippen LogP contribution is 2.21. The van der Waals surface area contributed by atoms with Crippen molar-refractivity contribution >= 4 is 21.7 Å². The molecule has 0 aliphatic rings. The standard InChI is InChI=1S/C8H12BrN3O3/c1-2-15-5-3-4-11-6-7(9)8(10-11)12(13)14/h6H,2-5H2,1H3. The van der Waals surface area contributed by atoms with Gasteiger partial charge in [-0.3, -0.25) is 0 Å². The highest BCUT2D eigenvalue weighted by Gasteiger charge is 2.17. The lowest BCUT2D eigenvalue weighted by Gasteiger charge is -1.98. The molecule has 0 amide bonds. The number of nitrogens with zero attached hydrogens (tertiary/aromatic N) is 3. The fourth-order valence-electron chi connectivity index (χ4n) is 1.10. The van der Waals surface area contributed by atoms with Crippen molar-refractivity contribution in [2.45, 2.75) is 19.9 Å². The first-order chi connectivity index (χ1) is 7.15. The molecule has 1 rings (SSSR count). The Morgan fingerprint density at radius 1 is 1.73 bits per heavy atom. The summed E-state index contributed by atoms with van der Waals surface area (Å²) in [5.74, 6) is -0.147. The van der Waals surface area contributed by atoms with E-state index in [1.54, 1.807) is 10.9 Å². The van der Waals surface area contributed by atoms with Crippen LogP contribution < -0.4 is 0 Å². The lowest BCUT2D eigenvalue weighted by Crippen LogP contribution is -2.03. The third kappa shape index (κ3) is 3.60. The average Bonchev–Trinajstić information content (AvgIpc) is 2.55. The van der Waals surface area contributed by atoms with Gasteiger partial charge in [-0.2, -0.15) is 4.68 Å². The first-order valence-electron chi connectivity index (χ1n) is 4.60. The van der Waals surface area contributed by atoms with Gasteiger partial charge in [-0.1, -0.05) is 0 Å². The minimum Gasteiger partial charge on any atom is -0.382 e. The van der Waals surface area contributed by atoms with Gasteiger partial charge in [-0.15, -0.1) is 0 Å². The van der Waals surface area contributed by atoms with Crippen LogP contribution in [0.25, 0.3) is 0 Å². The Morgan fingerprint density at radius 3 is 3.00 bits per heavy atom. The van der Waals surface area contributed by atoms with Gasteiger partial charge in [0.1, 0.15) is 4.47 Å². The number of hydrogen-bond acceptors (Lipinski definition) is 4.